The number of amides is 1. The van der Waals surface area contributed by atoms with Crippen LogP contribution in [0.25, 0.3) is 0 Å². The number of unbranched alkanes of at least 4 members (excludes halogenated alkanes) is 6. The summed E-state index contributed by atoms with van der Waals surface area (Å²) in [6, 6.07) is 25.0. The van der Waals surface area contributed by atoms with Gasteiger partial charge >= 0.3 is 0 Å². The standard InChI is InChI=1S/C31H48N2O2.C21H38N2O/c1-5-9-21-32(22-10-6-2)23-24-33(31(34)29-17-13-27(12-8-4)14-18-29)26-28-15-19-30(20-16-28)35-25-11-7-3;1-4-7-15-23(16-8-5-2)17-14-22-19-20-10-12-21(13-11-20)24-18-9-6-3/h13-20H,5-12,21-26H2,1-4H3;10-13,22H,4-9,14-19H2,1-3H3. The van der Waals surface area contributed by atoms with Crippen LogP contribution in [0.3, 0.4) is 0 Å². The summed E-state index contributed by atoms with van der Waals surface area (Å²) in [6.45, 7) is 27.2. The van der Waals surface area contributed by atoms with Gasteiger partial charge in [-0.3, -0.25) is 4.79 Å². The smallest absolute Gasteiger partial charge is 0.254 e. The van der Waals surface area contributed by atoms with Crippen LogP contribution in [0.5, 0.6) is 11.5 Å². The first-order valence-corrected chi connectivity index (χ1v) is 23.9. The molecule has 0 radical (unpaired) electrons. The second kappa shape index (κ2) is 34.3. The van der Waals surface area contributed by atoms with Gasteiger partial charge in [0.25, 0.3) is 5.91 Å². The van der Waals surface area contributed by atoms with E-state index in [1.807, 2.05) is 29.2 Å². The van der Waals surface area contributed by atoms with Crippen molar-refractivity contribution in [2.75, 3.05) is 65.6 Å². The Kier molecular flexibility index (Phi) is 30.1. The fraction of sp³-hybridized carbons (Fsp3) is 0.635. The summed E-state index contributed by atoms with van der Waals surface area (Å²) in [6.07, 6.45) is 16.6. The number of hydrogen-bond acceptors (Lipinski definition) is 6. The molecule has 1 N–H and O–H groups in total. The van der Waals surface area contributed by atoms with Crippen molar-refractivity contribution >= 4 is 5.91 Å². The van der Waals surface area contributed by atoms with Gasteiger partial charge in [0.1, 0.15) is 11.5 Å². The largest absolute Gasteiger partial charge is 0.494 e. The zero-order valence-corrected chi connectivity index (χ0v) is 38.9. The van der Waals surface area contributed by atoms with Crippen molar-refractivity contribution in [3.05, 3.63) is 95.1 Å². The molecule has 0 spiro atoms. The van der Waals surface area contributed by atoms with Crippen LogP contribution in [0.15, 0.2) is 72.8 Å². The zero-order chi connectivity index (χ0) is 42.8. The number of carbonyl (C=O) groups excluding carboxylic acids is 1. The summed E-state index contributed by atoms with van der Waals surface area (Å²) < 4.78 is 11.5. The van der Waals surface area contributed by atoms with Crippen molar-refractivity contribution in [1.29, 1.82) is 0 Å². The quantitative estimate of drug-likeness (QED) is 0.0618. The van der Waals surface area contributed by atoms with Crippen LogP contribution in [-0.4, -0.2) is 86.2 Å². The molecule has 0 heterocycles. The minimum atomic E-state index is 0.113. The van der Waals surface area contributed by atoms with E-state index in [1.54, 1.807) is 0 Å². The van der Waals surface area contributed by atoms with E-state index >= 15 is 0 Å². The Morgan fingerprint density at radius 1 is 0.475 bits per heavy atom. The summed E-state index contributed by atoms with van der Waals surface area (Å²) in [5, 5.41) is 3.57. The lowest BCUT2D eigenvalue weighted by atomic mass is 10.1. The van der Waals surface area contributed by atoms with Crippen molar-refractivity contribution in [3.8, 4) is 11.5 Å². The molecule has 1 amide bonds. The average Bonchev–Trinajstić information content (AvgIpc) is 3.26. The maximum absolute atomic E-state index is 13.6. The highest BCUT2D eigenvalue weighted by molar-refractivity contribution is 5.94. The molecule has 3 aromatic rings. The van der Waals surface area contributed by atoms with E-state index in [-0.39, 0.29) is 5.91 Å². The Labute approximate surface area is 362 Å². The topological polar surface area (TPSA) is 57.3 Å². The molecule has 3 rings (SSSR count). The van der Waals surface area contributed by atoms with E-state index in [2.05, 4.69) is 112 Å². The second-order valence-corrected chi connectivity index (χ2v) is 16.1. The van der Waals surface area contributed by atoms with Crippen molar-refractivity contribution in [3.63, 3.8) is 0 Å². The van der Waals surface area contributed by atoms with E-state index in [0.717, 1.165) is 114 Å². The summed E-state index contributed by atoms with van der Waals surface area (Å²) >= 11 is 0. The molecular formula is C52H86N4O3. The third kappa shape index (κ3) is 23.8. The van der Waals surface area contributed by atoms with Crippen molar-refractivity contribution < 1.29 is 14.3 Å². The van der Waals surface area contributed by atoms with Gasteiger partial charge in [0.2, 0.25) is 0 Å². The Bertz CT molecular complexity index is 1400. The number of aryl methyl sites for hydroxylation is 1. The molecule has 0 aliphatic rings. The van der Waals surface area contributed by atoms with Gasteiger partial charge in [0.05, 0.1) is 13.2 Å². The summed E-state index contributed by atoms with van der Waals surface area (Å²) in [5.74, 6) is 2.00. The van der Waals surface area contributed by atoms with Gasteiger partial charge in [-0.25, -0.2) is 0 Å². The lowest BCUT2D eigenvalue weighted by Crippen LogP contribution is -2.39. The van der Waals surface area contributed by atoms with Gasteiger partial charge in [-0.15, -0.1) is 0 Å². The van der Waals surface area contributed by atoms with Crippen LogP contribution >= 0.6 is 0 Å². The lowest BCUT2D eigenvalue weighted by Gasteiger charge is -2.28. The molecule has 7 heteroatoms. The van der Waals surface area contributed by atoms with Gasteiger partial charge in [0.15, 0.2) is 0 Å². The molecule has 0 atom stereocenters. The molecule has 0 bridgehead atoms. The predicted octanol–water partition coefficient (Wildman–Crippen LogP) is 12.2. The number of benzene rings is 3. The van der Waals surface area contributed by atoms with Crippen LogP contribution in [0.2, 0.25) is 0 Å². The number of hydrogen-bond donors (Lipinski definition) is 1. The van der Waals surface area contributed by atoms with E-state index in [9.17, 15) is 4.79 Å². The van der Waals surface area contributed by atoms with Crippen LogP contribution in [0, 0.1) is 0 Å². The van der Waals surface area contributed by atoms with Crippen LogP contribution in [0.4, 0.5) is 0 Å². The van der Waals surface area contributed by atoms with E-state index in [1.165, 1.54) is 82.0 Å². The molecule has 7 nitrogen and oxygen atoms in total. The Hall–Kier alpha value is -3.39. The minimum Gasteiger partial charge on any atom is -0.494 e. The Morgan fingerprint density at radius 3 is 1.37 bits per heavy atom. The van der Waals surface area contributed by atoms with Gasteiger partial charge in [-0.2, -0.15) is 0 Å². The fourth-order valence-corrected chi connectivity index (χ4v) is 6.75. The van der Waals surface area contributed by atoms with Crippen LogP contribution in [-0.2, 0) is 19.5 Å². The highest BCUT2D eigenvalue weighted by Crippen LogP contribution is 2.17. The third-order valence-electron chi connectivity index (χ3n) is 10.7. The van der Waals surface area contributed by atoms with Gasteiger partial charge in [-0.05, 0) is 124 Å². The number of nitrogens with one attached hydrogen (secondary N) is 1. The monoisotopic (exact) mass is 815 g/mol. The SMILES string of the molecule is CCCCOc1ccc(CN(CCN(CCCC)CCCC)C(=O)c2ccc(CCC)cc2)cc1.CCCCOc1ccc(CNCCN(CCCC)CCCC)cc1. The Balaban J connectivity index is 0.000000437. The van der Waals surface area contributed by atoms with E-state index < -0.39 is 0 Å². The summed E-state index contributed by atoms with van der Waals surface area (Å²) in [7, 11) is 0. The molecule has 0 aliphatic heterocycles. The maximum atomic E-state index is 13.6. The van der Waals surface area contributed by atoms with E-state index in [4.69, 9.17) is 9.47 Å². The lowest BCUT2D eigenvalue weighted by molar-refractivity contribution is 0.0720. The first-order chi connectivity index (χ1) is 28.9. The highest BCUT2D eigenvalue weighted by Gasteiger charge is 2.18. The second-order valence-electron chi connectivity index (χ2n) is 16.1. The number of rotatable bonds is 33. The molecule has 59 heavy (non-hydrogen) atoms. The molecular weight excluding hydrogens is 729 g/mol. The first-order valence-electron chi connectivity index (χ1n) is 23.9. The molecule has 332 valence electrons. The van der Waals surface area contributed by atoms with E-state index in [0.29, 0.717) is 6.54 Å². The molecule has 0 unspecified atom stereocenters. The molecule has 0 aromatic heterocycles. The molecule has 0 saturated carbocycles. The highest BCUT2D eigenvalue weighted by atomic mass is 16.5. The normalized spacial score (nSPS) is 11.1. The summed E-state index contributed by atoms with van der Waals surface area (Å²) in [4.78, 5) is 20.7. The maximum Gasteiger partial charge on any atom is 0.254 e. The van der Waals surface area contributed by atoms with Crippen LogP contribution in [0.1, 0.15) is 159 Å². The minimum absolute atomic E-state index is 0.113. The first kappa shape index (κ1) is 51.8. The fourth-order valence-electron chi connectivity index (χ4n) is 6.75. The number of nitrogens with zero attached hydrogens (tertiary/aromatic N) is 3. The molecule has 0 saturated heterocycles. The molecule has 0 fully saturated rings. The summed E-state index contributed by atoms with van der Waals surface area (Å²) in [5.41, 5.74) is 4.53. The predicted molar refractivity (Wildman–Crippen MR) is 253 cm³/mol. The van der Waals surface area contributed by atoms with Gasteiger partial charge < -0.3 is 29.5 Å². The number of ether oxygens (including phenoxy) is 2. The Morgan fingerprint density at radius 2 is 0.915 bits per heavy atom. The van der Waals surface area contributed by atoms with Gasteiger partial charge in [-0.1, -0.05) is 130 Å². The van der Waals surface area contributed by atoms with Crippen molar-refractivity contribution in [2.45, 2.75) is 151 Å². The van der Waals surface area contributed by atoms with Crippen LogP contribution < -0.4 is 14.8 Å². The zero-order valence-electron chi connectivity index (χ0n) is 38.9. The third-order valence-corrected chi connectivity index (χ3v) is 10.7. The average molecular weight is 815 g/mol. The van der Waals surface area contributed by atoms with Gasteiger partial charge in [0, 0.05) is 44.8 Å². The van der Waals surface area contributed by atoms with Crippen molar-refractivity contribution in [1.82, 2.24) is 20.0 Å². The molecule has 0 aliphatic carbocycles. The van der Waals surface area contributed by atoms with Crippen molar-refractivity contribution in [2.24, 2.45) is 0 Å². The number of carbonyl (C=O) groups is 1. The molecule has 3 aromatic carbocycles.